The van der Waals surface area contributed by atoms with Crippen molar-refractivity contribution in [3.05, 3.63) is 42.3 Å². The molecule has 0 bridgehead atoms. The third kappa shape index (κ3) is 2.83. The summed E-state index contributed by atoms with van der Waals surface area (Å²) in [6.45, 7) is 3.82. The first-order chi connectivity index (χ1) is 9.88. The lowest BCUT2D eigenvalue weighted by molar-refractivity contribution is 0.259. The zero-order valence-electron chi connectivity index (χ0n) is 11.4. The first kappa shape index (κ1) is 13.5. The van der Waals surface area contributed by atoms with Crippen LogP contribution in [-0.2, 0) is 0 Å². The van der Waals surface area contributed by atoms with Gasteiger partial charge in [0.25, 0.3) is 5.22 Å². The largest absolute Gasteiger partial charge is 0.492 e. The number of nitrogens with zero attached hydrogens (tertiary/aromatic N) is 1. The number of ether oxygens (including phenoxy) is 1. The Morgan fingerprint density at radius 3 is 3.10 bits per heavy atom. The second kappa shape index (κ2) is 6.33. The highest BCUT2D eigenvalue weighted by Gasteiger charge is 2.32. The van der Waals surface area contributed by atoms with Crippen LogP contribution in [0.15, 0.2) is 46.4 Å². The molecule has 0 saturated carbocycles. The van der Waals surface area contributed by atoms with Crippen molar-refractivity contribution in [1.29, 1.82) is 0 Å². The highest BCUT2D eigenvalue weighted by atomic mass is 32.2. The minimum atomic E-state index is 0.259. The molecule has 3 rings (SSSR count). The Balaban J connectivity index is 1.82. The lowest BCUT2D eigenvalue weighted by Crippen LogP contribution is -2.37. The van der Waals surface area contributed by atoms with Gasteiger partial charge in [0, 0.05) is 5.56 Å². The van der Waals surface area contributed by atoms with E-state index < -0.39 is 0 Å². The number of hydrogen-bond donors (Lipinski definition) is 1. The second-order valence-corrected chi connectivity index (χ2v) is 5.93. The van der Waals surface area contributed by atoms with Crippen LogP contribution in [0, 0.1) is 0 Å². The van der Waals surface area contributed by atoms with E-state index in [-0.39, 0.29) is 11.3 Å². The molecule has 106 valence electrons. The van der Waals surface area contributed by atoms with Gasteiger partial charge in [0.1, 0.15) is 18.6 Å². The van der Waals surface area contributed by atoms with E-state index in [9.17, 15) is 0 Å². The molecule has 0 aliphatic carbocycles. The average molecular weight is 290 g/mol. The fourth-order valence-electron chi connectivity index (χ4n) is 2.38. The summed E-state index contributed by atoms with van der Waals surface area (Å²) >= 11 is 1.63. The van der Waals surface area contributed by atoms with Crippen LogP contribution in [0.3, 0.4) is 0 Å². The first-order valence-electron chi connectivity index (χ1n) is 6.89. The van der Waals surface area contributed by atoms with E-state index in [0.29, 0.717) is 11.8 Å². The quantitative estimate of drug-likeness (QED) is 0.915. The van der Waals surface area contributed by atoms with E-state index >= 15 is 0 Å². The van der Waals surface area contributed by atoms with E-state index in [1.807, 2.05) is 12.1 Å². The molecule has 1 aromatic heterocycles. The van der Waals surface area contributed by atoms with E-state index in [2.05, 4.69) is 29.4 Å². The molecule has 0 spiro atoms. The minimum Gasteiger partial charge on any atom is -0.492 e. The molecule has 2 unspecified atom stereocenters. The number of thioether (sulfide) groups is 1. The summed E-state index contributed by atoms with van der Waals surface area (Å²) in [4.78, 5) is 4.19. The third-order valence-corrected chi connectivity index (χ3v) is 4.42. The summed E-state index contributed by atoms with van der Waals surface area (Å²) in [6, 6.07) is 8.49. The van der Waals surface area contributed by atoms with Gasteiger partial charge in [-0.3, -0.25) is 0 Å². The fourth-order valence-corrected chi connectivity index (χ4v) is 3.39. The lowest BCUT2D eigenvalue weighted by atomic mass is 10.00. The van der Waals surface area contributed by atoms with Crippen LogP contribution < -0.4 is 10.1 Å². The third-order valence-electron chi connectivity index (χ3n) is 3.31. The Labute approximate surface area is 122 Å². The van der Waals surface area contributed by atoms with Gasteiger partial charge in [0.2, 0.25) is 0 Å². The second-order valence-electron chi connectivity index (χ2n) is 4.73. The lowest BCUT2D eigenvalue weighted by Gasteiger charge is -2.33. The molecule has 0 fully saturated rings. The molecule has 1 aliphatic heterocycles. The van der Waals surface area contributed by atoms with Crippen LogP contribution in [0.5, 0.6) is 5.75 Å². The number of para-hydroxylation sites is 1. The van der Waals surface area contributed by atoms with Gasteiger partial charge in [0.15, 0.2) is 0 Å². The Morgan fingerprint density at radius 2 is 2.30 bits per heavy atom. The van der Waals surface area contributed by atoms with Gasteiger partial charge in [-0.05, 0) is 19.0 Å². The number of benzene rings is 1. The standard InChI is InChI=1S/C15H18N2O2S/c1-2-7-16-14-11-5-3-4-6-12(11)19-10-13(14)20-15-17-8-9-18-15/h3-6,8-9,13-14,16H,2,7,10H2,1H3. The fraction of sp³-hybridized carbons (Fsp3) is 0.400. The minimum absolute atomic E-state index is 0.259. The molecule has 1 aliphatic rings. The summed E-state index contributed by atoms with van der Waals surface area (Å²) in [7, 11) is 0. The van der Waals surface area contributed by atoms with Crippen molar-refractivity contribution in [2.45, 2.75) is 29.9 Å². The highest BCUT2D eigenvalue weighted by Crippen LogP contribution is 2.39. The molecule has 1 N–H and O–H groups in total. The maximum absolute atomic E-state index is 5.86. The molecule has 0 saturated heterocycles. The number of rotatable bonds is 5. The number of oxazole rings is 1. The Hall–Kier alpha value is -1.46. The smallest absolute Gasteiger partial charge is 0.255 e. The average Bonchev–Trinajstić information content (AvgIpc) is 2.99. The van der Waals surface area contributed by atoms with Gasteiger partial charge in [0.05, 0.1) is 17.5 Å². The van der Waals surface area contributed by atoms with Crippen molar-refractivity contribution in [2.24, 2.45) is 0 Å². The SMILES string of the molecule is CCCNC1c2ccccc2OCC1Sc1ncco1. The van der Waals surface area contributed by atoms with E-state index in [1.165, 1.54) is 5.56 Å². The van der Waals surface area contributed by atoms with Crippen LogP contribution in [0.2, 0.25) is 0 Å². The Morgan fingerprint density at radius 1 is 1.40 bits per heavy atom. The van der Waals surface area contributed by atoms with E-state index in [4.69, 9.17) is 9.15 Å². The number of aromatic nitrogens is 1. The first-order valence-corrected chi connectivity index (χ1v) is 7.77. The van der Waals surface area contributed by atoms with Crippen LogP contribution >= 0.6 is 11.8 Å². The van der Waals surface area contributed by atoms with Gasteiger partial charge >= 0.3 is 0 Å². The topological polar surface area (TPSA) is 47.3 Å². The Bertz CT molecular complexity index is 545. The van der Waals surface area contributed by atoms with Gasteiger partial charge in [-0.2, -0.15) is 0 Å². The summed E-state index contributed by atoms with van der Waals surface area (Å²) in [6.07, 6.45) is 4.39. The van der Waals surface area contributed by atoms with Gasteiger partial charge in [-0.15, -0.1) is 0 Å². The Kier molecular flexibility index (Phi) is 4.28. The predicted molar refractivity (Wildman–Crippen MR) is 79.1 cm³/mol. The van der Waals surface area contributed by atoms with Crippen LogP contribution in [0.1, 0.15) is 24.9 Å². The van der Waals surface area contributed by atoms with Crippen LogP contribution in [0.4, 0.5) is 0 Å². The monoisotopic (exact) mass is 290 g/mol. The molecule has 2 aromatic rings. The van der Waals surface area contributed by atoms with Gasteiger partial charge in [-0.25, -0.2) is 4.98 Å². The number of hydrogen-bond acceptors (Lipinski definition) is 5. The molecule has 2 heterocycles. The summed E-state index contributed by atoms with van der Waals surface area (Å²) in [5.41, 5.74) is 1.22. The van der Waals surface area contributed by atoms with Crippen molar-refractivity contribution in [1.82, 2.24) is 10.3 Å². The maximum Gasteiger partial charge on any atom is 0.255 e. The van der Waals surface area contributed by atoms with Crippen molar-refractivity contribution >= 4 is 11.8 Å². The molecule has 1 aromatic carbocycles. The van der Waals surface area contributed by atoms with Crippen LogP contribution in [0.25, 0.3) is 0 Å². The summed E-state index contributed by atoms with van der Waals surface area (Å²) in [5.74, 6) is 0.977. The maximum atomic E-state index is 5.86. The zero-order chi connectivity index (χ0) is 13.8. The van der Waals surface area contributed by atoms with E-state index in [0.717, 1.165) is 18.7 Å². The predicted octanol–water partition coefficient (Wildman–Crippen LogP) is 3.27. The molecular formula is C15H18N2O2S. The van der Waals surface area contributed by atoms with E-state index in [1.54, 1.807) is 24.2 Å². The zero-order valence-corrected chi connectivity index (χ0v) is 12.2. The molecule has 2 atom stereocenters. The molecule has 5 heteroatoms. The normalized spacial score (nSPS) is 21.2. The molecule has 4 nitrogen and oxygen atoms in total. The molecule has 0 amide bonds. The molecule has 0 radical (unpaired) electrons. The number of nitrogens with one attached hydrogen (secondary N) is 1. The highest BCUT2D eigenvalue weighted by molar-refractivity contribution is 7.99. The van der Waals surface area contributed by atoms with Crippen molar-refractivity contribution < 1.29 is 9.15 Å². The van der Waals surface area contributed by atoms with Crippen molar-refractivity contribution in [3.8, 4) is 5.75 Å². The van der Waals surface area contributed by atoms with Gasteiger partial charge in [-0.1, -0.05) is 36.9 Å². The molecular weight excluding hydrogens is 272 g/mol. The summed E-state index contributed by atoms with van der Waals surface area (Å²) < 4.78 is 11.2. The number of fused-ring (bicyclic) bond motifs is 1. The van der Waals surface area contributed by atoms with Crippen LogP contribution in [-0.4, -0.2) is 23.4 Å². The summed E-state index contributed by atoms with van der Waals surface area (Å²) in [5, 5.41) is 4.57. The van der Waals surface area contributed by atoms with Crippen molar-refractivity contribution in [2.75, 3.05) is 13.2 Å². The van der Waals surface area contributed by atoms with Gasteiger partial charge < -0.3 is 14.5 Å². The van der Waals surface area contributed by atoms with Crippen molar-refractivity contribution in [3.63, 3.8) is 0 Å². The molecule has 20 heavy (non-hydrogen) atoms.